The second kappa shape index (κ2) is 7.85. The third-order valence-corrected chi connectivity index (χ3v) is 3.11. The summed E-state index contributed by atoms with van der Waals surface area (Å²) in [5, 5.41) is 0. The first-order chi connectivity index (χ1) is 8.11. The Morgan fingerprint density at radius 3 is 1.89 bits per heavy atom. The van der Waals surface area contributed by atoms with E-state index in [0.29, 0.717) is 11.8 Å². The molecule has 1 aromatic carbocycles. The van der Waals surface area contributed by atoms with Crippen LogP contribution in [-0.2, 0) is 20.4 Å². The zero-order valence-electron chi connectivity index (χ0n) is 11.7. The van der Waals surface area contributed by atoms with Crippen molar-refractivity contribution >= 4 is 12.4 Å². The van der Waals surface area contributed by atoms with Crippen LogP contribution in [0.4, 0.5) is 0 Å². The van der Waals surface area contributed by atoms with E-state index in [2.05, 4.69) is 55.4 Å². The van der Waals surface area contributed by atoms with Gasteiger partial charge < -0.3 is 4.57 Å². The van der Waals surface area contributed by atoms with E-state index in [1.165, 1.54) is 16.8 Å². The first kappa shape index (κ1) is 18.4. The van der Waals surface area contributed by atoms with Crippen molar-refractivity contribution in [3.63, 3.8) is 0 Å². The van der Waals surface area contributed by atoms with E-state index in [1.807, 2.05) is 18.7 Å². The predicted octanol–water partition coefficient (Wildman–Crippen LogP) is 4.54. The minimum absolute atomic E-state index is 0. The zero-order chi connectivity index (χ0) is 12.4. The molecule has 0 bridgehead atoms. The second-order valence-electron chi connectivity index (χ2n) is 5.06. The quantitative estimate of drug-likeness (QED) is 0.725. The van der Waals surface area contributed by atoms with Gasteiger partial charge in [-0.2, -0.15) is 0 Å². The van der Waals surface area contributed by atoms with E-state index in [4.69, 9.17) is 0 Å². The Morgan fingerprint density at radius 1 is 1.00 bits per heavy atom. The fourth-order valence-electron chi connectivity index (χ4n) is 2.20. The summed E-state index contributed by atoms with van der Waals surface area (Å²) in [6.07, 6.45) is 5.74. The average molecular weight is 371 g/mol. The van der Waals surface area contributed by atoms with Gasteiger partial charge in [0.05, 0.1) is 12.0 Å². The van der Waals surface area contributed by atoms with Gasteiger partial charge in [-0.3, -0.25) is 0 Å². The van der Waals surface area contributed by atoms with E-state index < -0.39 is 0 Å². The molecule has 2 aromatic rings. The van der Waals surface area contributed by atoms with Gasteiger partial charge in [-0.05, 0) is 23.0 Å². The maximum absolute atomic E-state index is 4.16. The minimum Gasteiger partial charge on any atom is -0.306 e. The summed E-state index contributed by atoms with van der Waals surface area (Å²) < 4.78 is 2.13. The van der Waals surface area contributed by atoms with Crippen molar-refractivity contribution in [1.29, 1.82) is 0 Å². The van der Waals surface area contributed by atoms with Gasteiger partial charge in [0.2, 0.25) is 0 Å². The predicted molar refractivity (Wildman–Crippen MR) is 79.0 cm³/mol. The summed E-state index contributed by atoms with van der Waals surface area (Å²) in [6.45, 7) is 8.94. The molecule has 0 radical (unpaired) electrons. The van der Waals surface area contributed by atoms with Crippen LogP contribution in [0.25, 0.3) is 5.69 Å². The molecular formula is C15H21ClN2Pd. The number of para-hydroxylation sites is 1. The third kappa shape index (κ3) is 3.92. The molecule has 0 amide bonds. The van der Waals surface area contributed by atoms with Crippen molar-refractivity contribution in [3.8, 4) is 5.69 Å². The number of hydrogen-bond acceptors (Lipinski definition) is 1. The molecule has 0 fully saturated rings. The molecule has 0 unspecified atom stereocenters. The normalized spacial score (nSPS) is 10.2. The Labute approximate surface area is 135 Å². The number of halogens is 1. The molecule has 0 saturated carbocycles. The van der Waals surface area contributed by atoms with Crippen molar-refractivity contribution in [2.45, 2.75) is 39.5 Å². The van der Waals surface area contributed by atoms with E-state index in [1.54, 1.807) is 0 Å². The molecule has 0 spiro atoms. The van der Waals surface area contributed by atoms with Gasteiger partial charge in [0.15, 0.2) is 0 Å². The summed E-state index contributed by atoms with van der Waals surface area (Å²) in [4.78, 5) is 4.16. The Hall–Kier alpha value is -0.618. The number of hydrogen-bond donors (Lipinski definition) is 0. The SMILES string of the molecule is CC(C)c1cccc(C(C)C)c1-n1ccnc1.Cl.[Pd]. The minimum atomic E-state index is 0. The topological polar surface area (TPSA) is 17.8 Å². The number of aromatic nitrogens is 2. The van der Waals surface area contributed by atoms with Crippen LogP contribution in [0.2, 0.25) is 0 Å². The van der Waals surface area contributed by atoms with Crippen molar-refractivity contribution < 1.29 is 20.4 Å². The molecule has 19 heavy (non-hydrogen) atoms. The van der Waals surface area contributed by atoms with E-state index in [9.17, 15) is 0 Å². The summed E-state index contributed by atoms with van der Waals surface area (Å²) in [5.74, 6) is 1.04. The average Bonchev–Trinajstić information content (AvgIpc) is 2.80. The van der Waals surface area contributed by atoms with Gasteiger partial charge in [-0.1, -0.05) is 45.9 Å². The second-order valence-corrected chi connectivity index (χ2v) is 5.06. The molecular weight excluding hydrogens is 350 g/mol. The largest absolute Gasteiger partial charge is 0.306 e. The molecule has 0 saturated heterocycles. The summed E-state index contributed by atoms with van der Waals surface area (Å²) in [7, 11) is 0. The van der Waals surface area contributed by atoms with Gasteiger partial charge in [-0.15, -0.1) is 12.4 Å². The first-order valence-corrected chi connectivity index (χ1v) is 6.22. The summed E-state index contributed by atoms with van der Waals surface area (Å²) in [5.41, 5.74) is 4.07. The Kier molecular flexibility index (Phi) is 7.59. The van der Waals surface area contributed by atoms with Crippen LogP contribution in [-0.4, -0.2) is 9.55 Å². The molecule has 0 aliphatic carbocycles. The summed E-state index contributed by atoms with van der Waals surface area (Å²) >= 11 is 0. The van der Waals surface area contributed by atoms with Crippen molar-refractivity contribution in [2.24, 2.45) is 0 Å². The van der Waals surface area contributed by atoms with E-state index in [0.717, 1.165) is 0 Å². The van der Waals surface area contributed by atoms with Crippen molar-refractivity contribution in [3.05, 3.63) is 48.0 Å². The maximum atomic E-state index is 4.16. The van der Waals surface area contributed by atoms with E-state index in [-0.39, 0.29) is 32.8 Å². The standard InChI is InChI=1S/C15H20N2.ClH.Pd/c1-11(2)13-6-5-7-14(12(3)4)15(13)17-9-8-16-10-17;;/h5-12H,1-4H3;1H;. The van der Waals surface area contributed by atoms with Crippen LogP contribution in [0, 0.1) is 0 Å². The monoisotopic (exact) mass is 370 g/mol. The van der Waals surface area contributed by atoms with Crippen LogP contribution in [0.1, 0.15) is 50.7 Å². The van der Waals surface area contributed by atoms with Crippen LogP contribution in [0.15, 0.2) is 36.9 Å². The van der Waals surface area contributed by atoms with Gasteiger partial charge in [0, 0.05) is 32.8 Å². The number of nitrogens with zero attached hydrogens (tertiary/aromatic N) is 2. The molecule has 4 heteroatoms. The smallest absolute Gasteiger partial charge is 0.0991 e. The van der Waals surface area contributed by atoms with Gasteiger partial charge >= 0.3 is 0 Å². The zero-order valence-corrected chi connectivity index (χ0v) is 14.1. The molecule has 0 aliphatic heterocycles. The number of rotatable bonds is 3. The third-order valence-electron chi connectivity index (χ3n) is 3.11. The Balaban J connectivity index is 0.00000162. The molecule has 108 valence electrons. The molecule has 0 atom stereocenters. The van der Waals surface area contributed by atoms with Gasteiger partial charge in [0.1, 0.15) is 0 Å². The van der Waals surface area contributed by atoms with Crippen molar-refractivity contribution in [1.82, 2.24) is 9.55 Å². The fourth-order valence-corrected chi connectivity index (χ4v) is 2.20. The molecule has 0 N–H and O–H groups in total. The number of imidazole rings is 1. The molecule has 2 rings (SSSR count). The molecule has 0 aliphatic rings. The van der Waals surface area contributed by atoms with Crippen LogP contribution in [0.5, 0.6) is 0 Å². The van der Waals surface area contributed by atoms with Gasteiger partial charge in [-0.25, -0.2) is 4.98 Å². The Morgan fingerprint density at radius 2 is 1.53 bits per heavy atom. The summed E-state index contributed by atoms with van der Waals surface area (Å²) in [6, 6.07) is 6.59. The molecule has 1 aromatic heterocycles. The Bertz CT molecular complexity index is 467. The van der Waals surface area contributed by atoms with Crippen LogP contribution < -0.4 is 0 Å². The fraction of sp³-hybridized carbons (Fsp3) is 0.400. The van der Waals surface area contributed by atoms with Crippen LogP contribution >= 0.6 is 12.4 Å². The maximum Gasteiger partial charge on any atom is 0.0991 e. The molecule has 2 nitrogen and oxygen atoms in total. The van der Waals surface area contributed by atoms with E-state index >= 15 is 0 Å². The van der Waals surface area contributed by atoms with Gasteiger partial charge in [0.25, 0.3) is 0 Å². The van der Waals surface area contributed by atoms with Crippen molar-refractivity contribution in [2.75, 3.05) is 0 Å². The molecule has 1 heterocycles. The number of benzene rings is 1. The first-order valence-electron chi connectivity index (χ1n) is 6.22. The van der Waals surface area contributed by atoms with Crippen LogP contribution in [0.3, 0.4) is 0 Å².